The Labute approximate surface area is 150 Å². The van der Waals surface area contributed by atoms with Crippen molar-refractivity contribution >= 4 is 11.9 Å². The van der Waals surface area contributed by atoms with Crippen LogP contribution in [-0.2, 0) is 25.6 Å². The minimum Gasteiger partial charge on any atom is -0.462 e. The highest BCUT2D eigenvalue weighted by atomic mass is 16.6. The molecule has 0 aliphatic carbocycles. The molecule has 0 aromatic heterocycles. The molecule has 0 unspecified atom stereocenters. The zero-order chi connectivity index (χ0) is 18.6. The van der Waals surface area contributed by atoms with Crippen LogP contribution in [0.4, 0.5) is 0 Å². The van der Waals surface area contributed by atoms with Crippen molar-refractivity contribution < 1.29 is 19.1 Å². The maximum atomic E-state index is 12.6. The van der Waals surface area contributed by atoms with E-state index in [0.717, 1.165) is 5.56 Å². The van der Waals surface area contributed by atoms with Crippen LogP contribution >= 0.6 is 0 Å². The van der Waals surface area contributed by atoms with Crippen LogP contribution in [0.1, 0.15) is 53.0 Å². The van der Waals surface area contributed by atoms with Gasteiger partial charge in [-0.25, -0.2) is 0 Å². The van der Waals surface area contributed by atoms with Gasteiger partial charge in [-0.3, -0.25) is 14.5 Å². The van der Waals surface area contributed by atoms with Crippen LogP contribution in [0.25, 0.3) is 0 Å². The van der Waals surface area contributed by atoms with Crippen molar-refractivity contribution in [3.63, 3.8) is 0 Å². The molecule has 1 aliphatic rings. The molecule has 25 heavy (non-hydrogen) atoms. The zero-order valence-electron chi connectivity index (χ0n) is 15.8. The summed E-state index contributed by atoms with van der Waals surface area (Å²) in [5.41, 5.74) is 0.506. The number of carbonyl (C=O) groups is 2. The molecule has 0 saturated carbocycles. The first-order valence-electron chi connectivity index (χ1n) is 8.90. The fraction of sp³-hybridized carbons (Fsp3) is 0.600. The van der Waals surface area contributed by atoms with Crippen molar-refractivity contribution in [1.82, 2.24) is 4.90 Å². The number of nitrogens with zero attached hydrogens (tertiary/aromatic N) is 1. The lowest BCUT2D eigenvalue weighted by atomic mass is 10.1. The number of hydrogen-bond acceptors (Lipinski definition) is 5. The molecule has 0 N–H and O–H groups in total. The third-order valence-corrected chi connectivity index (χ3v) is 4.02. The number of ether oxygens (including phenoxy) is 2. The van der Waals surface area contributed by atoms with Crippen LogP contribution in [0.5, 0.6) is 0 Å². The van der Waals surface area contributed by atoms with Crippen LogP contribution in [0.2, 0.25) is 0 Å². The Balaban J connectivity index is 2.20. The van der Waals surface area contributed by atoms with Gasteiger partial charge in [0.05, 0.1) is 6.10 Å². The third kappa shape index (κ3) is 5.56. The van der Waals surface area contributed by atoms with Crippen molar-refractivity contribution in [3.05, 3.63) is 35.9 Å². The van der Waals surface area contributed by atoms with Gasteiger partial charge in [0, 0.05) is 6.54 Å². The van der Waals surface area contributed by atoms with Gasteiger partial charge in [-0.1, -0.05) is 30.3 Å². The van der Waals surface area contributed by atoms with E-state index in [0.29, 0.717) is 19.4 Å². The predicted molar refractivity (Wildman–Crippen MR) is 95.9 cm³/mol. The topological polar surface area (TPSA) is 55.8 Å². The van der Waals surface area contributed by atoms with Crippen molar-refractivity contribution in [2.75, 3.05) is 0 Å². The Bertz CT molecular complexity index is 591. The normalized spacial score (nSPS) is 21.4. The van der Waals surface area contributed by atoms with Gasteiger partial charge >= 0.3 is 11.9 Å². The third-order valence-electron chi connectivity index (χ3n) is 4.02. The monoisotopic (exact) mass is 347 g/mol. The number of carbonyl (C=O) groups excluding carboxylic acids is 2. The molecule has 2 rings (SSSR count). The number of hydrogen-bond donors (Lipinski definition) is 0. The Morgan fingerprint density at radius 2 is 1.64 bits per heavy atom. The molecule has 1 saturated heterocycles. The summed E-state index contributed by atoms with van der Waals surface area (Å²) < 4.78 is 11.0. The number of esters is 2. The average molecular weight is 347 g/mol. The number of likely N-dealkylation sites (tertiary alicyclic amines) is 1. The summed E-state index contributed by atoms with van der Waals surface area (Å²) in [6.45, 7) is 9.74. The fourth-order valence-corrected chi connectivity index (χ4v) is 3.07. The summed E-state index contributed by atoms with van der Waals surface area (Å²) in [5, 5.41) is 0. The van der Waals surface area contributed by atoms with Crippen molar-refractivity contribution in [2.45, 2.75) is 77.8 Å². The lowest BCUT2D eigenvalue weighted by molar-refractivity contribution is -0.163. The van der Waals surface area contributed by atoms with E-state index in [4.69, 9.17) is 9.47 Å². The molecule has 0 bridgehead atoms. The molecular weight excluding hydrogens is 318 g/mol. The van der Waals surface area contributed by atoms with Crippen LogP contribution in [0, 0.1) is 0 Å². The van der Waals surface area contributed by atoms with Crippen LogP contribution in [0.15, 0.2) is 30.3 Å². The van der Waals surface area contributed by atoms with Gasteiger partial charge in [0.1, 0.15) is 17.7 Å². The first-order valence-corrected chi connectivity index (χ1v) is 8.90. The molecule has 2 atom stereocenters. The predicted octanol–water partition coefficient (Wildman–Crippen LogP) is 3.31. The van der Waals surface area contributed by atoms with E-state index in [1.165, 1.54) is 0 Å². The first kappa shape index (κ1) is 19.4. The smallest absolute Gasteiger partial charge is 0.323 e. The molecule has 1 fully saturated rings. The van der Waals surface area contributed by atoms with E-state index >= 15 is 0 Å². The molecule has 0 amide bonds. The average Bonchev–Trinajstić information content (AvgIpc) is 2.89. The van der Waals surface area contributed by atoms with E-state index in [9.17, 15) is 9.59 Å². The summed E-state index contributed by atoms with van der Waals surface area (Å²) in [5.74, 6) is -0.541. The molecule has 0 radical (unpaired) electrons. The molecular formula is C20H29NO4. The van der Waals surface area contributed by atoms with Gasteiger partial charge in [0.2, 0.25) is 0 Å². The number of rotatable bonds is 5. The molecule has 0 spiro atoms. The molecule has 5 nitrogen and oxygen atoms in total. The maximum absolute atomic E-state index is 12.6. The second kappa shape index (κ2) is 8.00. The Morgan fingerprint density at radius 1 is 1.08 bits per heavy atom. The van der Waals surface area contributed by atoms with E-state index in [1.54, 1.807) is 0 Å². The second-order valence-electron chi connectivity index (χ2n) is 7.79. The maximum Gasteiger partial charge on any atom is 0.323 e. The summed E-state index contributed by atoms with van der Waals surface area (Å²) in [6, 6.07) is 9.00. The minimum absolute atomic E-state index is 0.174. The van der Waals surface area contributed by atoms with Crippen molar-refractivity contribution in [3.8, 4) is 0 Å². The zero-order valence-corrected chi connectivity index (χ0v) is 15.8. The Kier molecular flexibility index (Phi) is 6.22. The number of benzene rings is 1. The summed E-state index contributed by atoms with van der Waals surface area (Å²) in [6.07, 6.45) is 1.02. The molecule has 138 valence electrons. The largest absolute Gasteiger partial charge is 0.462 e. The molecule has 1 heterocycles. The summed E-state index contributed by atoms with van der Waals surface area (Å²) in [4.78, 5) is 27.1. The SMILES string of the molecule is CC(C)OC(=O)[C@@H]1CC[C@H](C(=O)OC(C)(C)C)N1Cc1ccccc1. The lowest BCUT2D eigenvalue weighted by Gasteiger charge is -2.30. The summed E-state index contributed by atoms with van der Waals surface area (Å²) in [7, 11) is 0. The highest BCUT2D eigenvalue weighted by molar-refractivity contribution is 5.81. The van der Waals surface area contributed by atoms with Crippen LogP contribution in [0.3, 0.4) is 0 Å². The van der Waals surface area contributed by atoms with E-state index in [1.807, 2.05) is 69.9 Å². The quantitative estimate of drug-likeness (QED) is 0.765. The minimum atomic E-state index is -0.550. The van der Waals surface area contributed by atoms with Gasteiger partial charge in [0.25, 0.3) is 0 Å². The van der Waals surface area contributed by atoms with Gasteiger partial charge in [-0.05, 0) is 53.0 Å². The molecule has 5 heteroatoms. The van der Waals surface area contributed by atoms with E-state index < -0.39 is 17.7 Å². The summed E-state index contributed by atoms with van der Waals surface area (Å²) >= 11 is 0. The van der Waals surface area contributed by atoms with Gasteiger partial charge in [-0.2, -0.15) is 0 Å². The highest BCUT2D eigenvalue weighted by Gasteiger charge is 2.43. The van der Waals surface area contributed by atoms with Crippen molar-refractivity contribution in [1.29, 1.82) is 0 Å². The van der Waals surface area contributed by atoms with Gasteiger partial charge < -0.3 is 9.47 Å². The van der Waals surface area contributed by atoms with E-state index in [2.05, 4.69) is 0 Å². The lowest BCUT2D eigenvalue weighted by Crippen LogP contribution is -2.46. The van der Waals surface area contributed by atoms with Crippen LogP contribution < -0.4 is 0 Å². The standard InChI is InChI=1S/C20H29NO4/c1-14(2)24-18(22)16-11-12-17(19(23)25-20(3,4)5)21(16)13-15-9-7-6-8-10-15/h6-10,14,16-17H,11-13H2,1-5H3/t16-,17+/m0/s1. The molecule has 1 aromatic carbocycles. The Morgan fingerprint density at radius 3 is 2.16 bits per heavy atom. The van der Waals surface area contributed by atoms with Crippen molar-refractivity contribution in [2.24, 2.45) is 0 Å². The van der Waals surface area contributed by atoms with Gasteiger partial charge in [-0.15, -0.1) is 0 Å². The van der Waals surface area contributed by atoms with Gasteiger partial charge in [0.15, 0.2) is 0 Å². The molecule has 1 aliphatic heterocycles. The second-order valence-corrected chi connectivity index (χ2v) is 7.79. The Hall–Kier alpha value is -1.88. The first-order chi connectivity index (χ1) is 11.7. The van der Waals surface area contributed by atoms with Crippen LogP contribution in [-0.4, -0.2) is 40.6 Å². The highest BCUT2D eigenvalue weighted by Crippen LogP contribution is 2.29. The fourth-order valence-electron chi connectivity index (χ4n) is 3.07. The molecule has 1 aromatic rings. The van der Waals surface area contributed by atoms with E-state index in [-0.39, 0.29) is 18.0 Å².